The van der Waals surface area contributed by atoms with Gasteiger partial charge in [0.05, 0.1) is 12.3 Å². The van der Waals surface area contributed by atoms with Crippen molar-refractivity contribution in [1.82, 2.24) is 4.31 Å². The van der Waals surface area contributed by atoms with Crippen LogP contribution in [0.25, 0.3) is 0 Å². The summed E-state index contributed by atoms with van der Waals surface area (Å²) in [6.07, 6.45) is 0. The number of anilines is 1. The summed E-state index contributed by atoms with van der Waals surface area (Å²) < 4.78 is 44.3. The van der Waals surface area contributed by atoms with E-state index in [2.05, 4.69) is 0 Å². The number of nitrogens with two attached hydrogens (primary N) is 1. The predicted octanol–water partition coefficient (Wildman–Crippen LogP) is 1.37. The molecule has 0 aliphatic heterocycles. The molecule has 0 spiro atoms. The molecule has 0 heterocycles. The Morgan fingerprint density at radius 1 is 1.43 bits per heavy atom. The highest BCUT2D eigenvalue weighted by molar-refractivity contribution is 7.89. The van der Waals surface area contributed by atoms with Gasteiger partial charge in [-0.15, -0.1) is 0 Å². The van der Waals surface area contributed by atoms with Gasteiger partial charge >= 0.3 is 5.97 Å². The summed E-state index contributed by atoms with van der Waals surface area (Å²) in [5.41, 5.74) is 5.03. The van der Waals surface area contributed by atoms with Crippen LogP contribution in [0.5, 0.6) is 0 Å². The number of para-hydroxylation sites is 1. The lowest BCUT2D eigenvalue weighted by Gasteiger charge is -2.25. The lowest BCUT2D eigenvalue weighted by atomic mass is 10.3. The van der Waals surface area contributed by atoms with Crippen molar-refractivity contribution in [2.45, 2.75) is 31.7 Å². The van der Waals surface area contributed by atoms with Crippen molar-refractivity contribution in [2.24, 2.45) is 0 Å². The number of carbonyl (C=O) groups excluding carboxylic acids is 1. The highest BCUT2D eigenvalue weighted by Crippen LogP contribution is 2.25. The SMILES string of the molecule is CCOC(=O)CN(C(C)C)S(=O)(=O)c1cccc(F)c1N. The van der Waals surface area contributed by atoms with Gasteiger partial charge in [0.1, 0.15) is 17.3 Å². The molecule has 0 aliphatic carbocycles. The first-order chi connectivity index (χ1) is 9.71. The van der Waals surface area contributed by atoms with Gasteiger partial charge in [0, 0.05) is 6.04 Å². The summed E-state index contributed by atoms with van der Waals surface area (Å²) in [6, 6.07) is 3.01. The molecule has 0 aliphatic rings. The van der Waals surface area contributed by atoms with Crippen molar-refractivity contribution in [3.63, 3.8) is 0 Å². The quantitative estimate of drug-likeness (QED) is 0.632. The molecule has 0 atom stereocenters. The fourth-order valence-electron chi connectivity index (χ4n) is 1.75. The number of sulfonamides is 1. The third-order valence-electron chi connectivity index (χ3n) is 2.77. The maximum absolute atomic E-state index is 13.5. The molecular formula is C13H19FN2O4S. The first-order valence-corrected chi connectivity index (χ1v) is 7.87. The van der Waals surface area contributed by atoms with Gasteiger partial charge < -0.3 is 10.5 Å². The molecule has 0 saturated carbocycles. The van der Waals surface area contributed by atoms with Crippen molar-refractivity contribution in [3.05, 3.63) is 24.0 Å². The van der Waals surface area contributed by atoms with Gasteiger partial charge in [0.25, 0.3) is 0 Å². The van der Waals surface area contributed by atoms with Gasteiger partial charge in [-0.2, -0.15) is 4.31 Å². The zero-order valence-corrected chi connectivity index (χ0v) is 13.0. The van der Waals surface area contributed by atoms with Crippen LogP contribution >= 0.6 is 0 Å². The van der Waals surface area contributed by atoms with E-state index in [-0.39, 0.29) is 11.5 Å². The minimum atomic E-state index is -4.10. The number of nitrogens with zero attached hydrogens (tertiary/aromatic N) is 1. The molecule has 6 nitrogen and oxygen atoms in total. The fraction of sp³-hybridized carbons (Fsp3) is 0.462. The average molecular weight is 318 g/mol. The maximum Gasteiger partial charge on any atom is 0.321 e. The van der Waals surface area contributed by atoms with E-state index in [1.165, 1.54) is 12.1 Å². The van der Waals surface area contributed by atoms with E-state index in [4.69, 9.17) is 10.5 Å². The Morgan fingerprint density at radius 3 is 2.57 bits per heavy atom. The van der Waals surface area contributed by atoms with Crippen molar-refractivity contribution < 1.29 is 22.3 Å². The second-order valence-electron chi connectivity index (χ2n) is 4.60. The Bertz CT molecular complexity index is 617. The molecule has 8 heteroatoms. The molecule has 1 aromatic carbocycles. The Kier molecular flexibility index (Phi) is 5.68. The van der Waals surface area contributed by atoms with E-state index in [1.807, 2.05) is 0 Å². The maximum atomic E-state index is 13.5. The fourth-order valence-corrected chi connectivity index (χ4v) is 3.46. The summed E-state index contributed by atoms with van der Waals surface area (Å²) in [6.45, 7) is 4.52. The Morgan fingerprint density at radius 2 is 2.05 bits per heavy atom. The Balaban J connectivity index is 3.23. The number of esters is 1. The summed E-state index contributed by atoms with van der Waals surface area (Å²) in [5, 5.41) is 0. The van der Waals surface area contributed by atoms with E-state index in [1.54, 1.807) is 20.8 Å². The molecule has 21 heavy (non-hydrogen) atoms. The van der Waals surface area contributed by atoms with Crippen molar-refractivity contribution in [2.75, 3.05) is 18.9 Å². The summed E-state index contributed by atoms with van der Waals surface area (Å²) in [4.78, 5) is 11.2. The van der Waals surface area contributed by atoms with Crippen molar-refractivity contribution in [1.29, 1.82) is 0 Å². The van der Waals surface area contributed by atoms with Gasteiger partial charge in [0.15, 0.2) is 0 Å². The minimum absolute atomic E-state index is 0.146. The Hall–Kier alpha value is -1.67. The Labute approximate surface area is 123 Å². The lowest BCUT2D eigenvalue weighted by Crippen LogP contribution is -2.41. The molecular weight excluding hydrogens is 299 g/mol. The monoisotopic (exact) mass is 318 g/mol. The lowest BCUT2D eigenvalue weighted by molar-refractivity contribution is -0.143. The zero-order valence-electron chi connectivity index (χ0n) is 12.2. The van der Waals surface area contributed by atoms with E-state index in [9.17, 15) is 17.6 Å². The zero-order chi connectivity index (χ0) is 16.2. The third-order valence-corrected chi connectivity index (χ3v) is 4.85. The van der Waals surface area contributed by atoms with E-state index in [0.29, 0.717) is 0 Å². The van der Waals surface area contributed by atoms with Crippen LogP contribution in [0, 0.1) is 5.82 Å². The second-order valence-corrected chi connectivity index (χ2v) is 6.46. The molecule has 0 aromatic heterocycles. The first kappa shape index (κ1) is 17.4. The minimum Gasteiger partial charge on any atom is -0.465 e. The van der Waals surface area contributed by atoms with Crippen LogP contribution in [0.2, 0.25) is 0 Å². The van der Waals surface area contributed by atoms with E-state index >= 15 is 0 Å². The molecule has 2 N–H and O–H groups in total. The molecule has 0 unspecified atom stereocenters. The number of hydrogen-bond donors (Lipinski definition) is 1. The van der Waals surface area contributed by atoms with Gasteiger partial charge in [-0.3, -0.25) is 4.79 Å². The van der Waals surface area contributed by atoms with Gasteiger partial charge in [-0.05, 0) is 32.9 Å². The highest BCUT2D eigenvalue weighted by atomic mass is 32.2. The van der Waals surface area contributed by atoms with E-state index < -0.39 is 40.1 Å². The molecule has 0 fully saturated rings. The number of nitrogen functional groups attached to an aromatic ring is 1. The first-order valence-electron chi connectivity index (χ1n) is 6.43. The summed E-state index contributed by atoms with van der Waals surface area (Å²) >= 11 is 0. The smallest absolute Gasteiger partial charge is 0.321 e. The number of hydrogen-bond acceptors (Lipinski definition) is 5. The summed E-state index contributed by atoms with van der Waals surface area (Å²) in [7, 11) is -4.10. The van der Waals surface area contributed by atoms with Crippen molar-refractivity contribution >= 4 is 21.7 Å². The summed E-state index contributed by atoms with van der Waals surface area (Å²) in [5.74, 6) is -1.50. The number of carbonyl (C=O) groups is 1. The second kappa shape index (κ2) is 6.86. The van der Waals surface area contributed by atoms with Crippen LogP contribution in [0.4, 0.5) is 10.1 Å². The van der Waals surface area contributed by atoms with Gasteiger partial charge in [-0.1, -0.05) is 6.07 Å². The van der Waals surface area contributed by atoms with Crippen LogP contribution in [0.3, 0.4) is 0 Å². The molecule has 0 radical (unpaired) electrons. The van der Waals surface area contributed by atoms with Gasteiger partial charge in [-0.25, -0.2) is 12.8 Å². The number of benzene rings is 1. The molecule has 118 valence electrons. The standard InChI is InChI=1S/C13H19FN2O4S/c1-4-20-12(17)8-16(9(2)3)21(18,19)11-7-5-6-10(14)13(11)15/h5-7,9H,4,8,15H2,1-3H3. The number of halogens is 1. The predicted molar refractivity (Wildman–Crippen MR) is 76.5 cm³/mol. The molecule has 1 rings (SSSR count). The largest absolute Gasteiger partial charge is 0.465 e. The highest BCUT2D eigenvalue weighted by Gasteiger charge is 2.31. The average Bonchev–Trinajstić information content (AvgIpc) is 2.38. The normalized spacial score (nSPS) is 11.9. The van der Waals surface area contributed by atoms with Crippen LogP contribution in [-0.2, 0) is 19.6 Å². The van der Waals surface area contributed by atoms with Crippen LogP contribution in [0.1, 0.15) is 20.8 Å². The number of ether oxygens (including phenoxy) is 1. The van der Waals surface area contributed by atoms with Crippen LogP contribution in [-0.4, -0.2) is 37.9 Å². The van der Waals surface area contributed by atoms with Crippen molar-refractivity contribution in [3.8, 4) is 0 Å². The third kappa shape index (κ3) is 3.92. The molecule has 0 bridgehead atoms. The van der Waals surface area contributed by atoms with Crippen LogP contribution in [0.15, 0.2) is 23.1 Å². The molecule has 0 amide bonds. The van der Waals surface area contributed by atoms with Gasteiger partial charge in [0.2, 0.25) is 10.0 Å². The molecule has 1 aromatic rings. The topological polar surface area (TPSA) is 89.7 Å². The van der Waals surface area contributed by atoms with E-state index in [0.717, 1.165) is 10.4 Å². The van der Waals surface area contributed by atoms with Crippen LogP contribution < -0.4 is 5.73 Å². The molecule has 0 saturated heterocycles. The number of rotatable bonds is 6.